The van der Waals surface area contributed by atoms with E-state index in [9.17, 15) is 4.79 Å². The first-order valence-corrected chi connectivity index (χ1v) is 7.82. The number of ether oxygens (including phenoxy) is 1. The van der Waals surface area contributed by atoms with Gasteiger partial charge in [0.2, 0.25) is 5.91 Å². The number of amides is 1. The van der Waals surface area contributed by atoms with Crippen molar-refractivity contribution >= 4 is 5.91 Å². The quantitative estimate of drug-likeness (QED) is 0.801. The lowest BCUT2D eigenvalue weighted by Gasteiger charge is -2.30. The van der Waals surface area contributed by atoms with Gasteiger partial charge >= 0.3 is 0 Å². The average molecular weight is 268 g/mol. The topological polar surface area (TPSA) is 50.4 Å². The van der Waals surface area contributed by atoms with Gasteiger partial charge in [-0.25, -0.2) is 0 Å². The van der Waals surface area contributed by atoms with Gasteiger partial charge in [-0.3, -0.25) is 4.79 Å². The molecule has 0 bridgehead atoms. The highest BCUT2D eigenvalue weighted by atomic mass is 16.5. The highest BCUT2D eigenvalue weighted by molar-refractivity contribution is 5.80. The molecule has 1 atom stereocenters. The van der Waals surface area contributed by atoms with Crippen LogP contribution < -0.4 is 10.6 Å². The Morgan fingerprint density at radius 1 is 1.05 bits per heavy atom. The number of rotatable bonds is 5. The second-order valence-electron chi connectivity index (χ2n) is 6.03. The molecule has 1 amide bonds. The smallest absolute Gasteiger partial charge is 0.249 e. The molecule has 1 unspecified atom stereocenters. The minimum absolute atomic E-state index is 0.0719. The fourth-order valence-corrected chi connectivity index (χ4v) is 3.23. The molecule has 19 heavy (non-hydrogen) atoms. The Morgan fingerprint density at radius 2 is 1.68 bits per heavy atom. The van der Waals surface area contributed by atoms with Crippen molar-refractivity contribution in [2.45, 2.75) is 82.6 Å². The Hall–Kier alpha value is -0.610. The Bertz CT molecular complexity index is 282. The van der Waals surface area contributed by atoms with Gasteiger partial charge in [-0.05, 0) is 52.5 Å². The highest BCUT2D eigenvalue weighted by Crippen LogP contribution is 2.22. The van der Waals surface area contributed by atoms with Crippen molar-refractivity contribution in [2.75, 3.05) is 7.05 Å². The van der Waals surface area contributed by atoms with Crippen LogP contribution in [0.15, 0.2) is 0 Å². The lowest BCUT2D eigenvalue weighted by atomic mass is 9.93. The second-order valence-corrected chi connectivity index (χ2v) is 6.03. The average Bonchev–Trinajstić information content (AvgIpc) is 2.92. The van der Waals surface area contributed by atoms with E-state index in [-0.39, 0.29) is 18.1 Å². The summed E-state index contributed by atoms with van der Waals surface area (Å²) in [6.07, 6.45) is 9.13. The maximum Gasteiger partial charge on any atom is 0.249 e. The van der Waals surface area contributed by atoms with Crippen molar-refractivity contribution in [2.24, 2.45) is 0 Å². The summed E-state index contributed by atoms with van der Waals surface area (Å²) in [6.45, 7) is 1.88. The third-order valence-electron chi connectivity index (χ3n) is 4.55. The second kappa shape index (κ2) is 7.25. The number of carbonyl (C=O) groups is 1. The van der Waals surface area contributed by atoms with Crippen molar-refractivity contribution in [3.05, 3.63) is 0 Å². The largest absolute Gasteiger partial charge is 0.365 e. The molecule has 2 aliphatic rings. The summed E-state index contributed by atoms with van der Waals surface area (Å²) in [5, 5.41) is 6.43. The van der Waals surface area contributed by atoms with Gasteiger partial charge in [-0.1, -0.05) is 12.8 Å². The van der Waals surface area contributed by atoms with Crippen LogP contribution in [0.1, 0.15) is 58.3 Å². The van der Waals surface area contributed by atoms with Crippen LogP contribution in [-0.2, 0) is 9.53 Å². The van der Waals surface area contributed by atoms with Gasteiger partial charge in [0.1, 0.15) is 6.10 Å². The van der Waals surface area contributed by atoms with E-state index in [0.29, 0.717) is 12.1 Å². The first kappa shape index (κ1) is 14.8. The van der Waals surface area contributed by atoms with Gasteiger partial charge in [-0.15, -0.1) is 0 Å². The molecule has 0 spiro atoms. The molecule has 0 aliphatic heterocycles. The van der Waals surface area contributed by atoms with E-state index >= 15 is 0 Å². The van der Waals surface area contributed by atoms with Gasteiger partial charge in [0.05, 0.1) is 6.10 Å². The Labute approximate surface area is 116 Å². The van der Waals surface area contributed by atoms with Crippen LogP contribution in [-0.4, -0.2) is 37.2 Å². The van der Waals surface area contributed by atoms with Crippen molar-refractivity contribution in [3.8, 4) is 0 Å². The zero-order valence-electron chi connectivity index (χ0n) is 12.3. The monoisotopic (exact) mass is 268 g/mol. The van der Waals surface area contributed by atoms with Crippen molar-refractivity contribution < 1.29 is 9.53 Å². The fraction of sp³-hybridized carbons (Fsp3) is 0.933. The molecule has 0 aromatic carbocycles. The lowest BCUT2D eigenvalue weighted by Crippen LogP contribution is -2.42. The molecule has 4 heteroatoms. The van der Waals surface area contributed by atoms with Crippen molar-refractivity contribution in [1.82, 2.24) is 10.6 Å². The van der Waals surface area contributed by atoms with E-state index < -0.39 is 0 Å². The van der Waals surface area contributed by atoms with E-state index in [1.807, 2.05) is 14.0 Å². The normalized spacial score (nSPS) is 30.2. The number of hydrogen-bond acceptors (Lipinski definition) is 3. The van der Waals surface area contributed by atoms with E-state index in [1.54, 1.807) is 0 Å². The van der Waals surface area contributed by atoms with Gasteiger partial charge in [-0.2, -0.15) is 0 Å². The summed E-state index contributed by atoms with van der Waals surface area (Å²) in [7, 11) is 2.02. The van der Waals surface area contributed by atoms with Gasteiger partial charge < -0.3 is 15.4 Å². The third-order valence-corrected chi connectivity index (χ3v) is 4.55. The molecule has 2 N–H and O–H groups in total. The van der Waals surface area contributed by atoms with Crippen molar-refractivity contribution in [3.63, 3.8) is 0 Å². The molecule has 0 saturated heterocycles. The highest BCUT2D eigenvalue weighted by Gasteiger charge is 2.26. The Balaban J connectivity index is 1.68. The van der Waals surface area contributed by atoms with Crippen LogP contribution in [0, 0.1) is 0 Å². The van der Waals surface area contributed by atoms with E-state index in [2.05, 4.69) is 10.6 Å². The van der Waals surface area contributed by atoms with Crippen molar-refractivity contribution in [1.29, 1.82) is 0 Å². The minimum Gasteiger partial charge on any atom is -0.365 e. The summed E-state index contributed by atoms with van der Waals surface area (Å²) in [5.74, 6) is 0.0719. The van der Waals surface area contributed by atoms with Gasteiger partial charge in [0.15, 0.2) is 0 Å². The Morgan fingerprint density at radius 3 is 2.26 bits per heavy atom. The molecule has 4 nitrogen and oxygen atoms in total. The predicted molar refractivity (Wildman–Crippen MR) is 76.0 cm³/mol. The fourth-order valence-electron chi connectivity index (χ4n) is 3.23. The summed E-state index contributed by atoms with van der Waals surface area (Å²) in [5.41, 5.74) is 0. The number of carbonyl (C=O) groups excluding carboxylic acids is 1. The Kier molecular flexibility index (Phi) is 5.64. The van der Waals surface area contributed by atoms with Crippen LogP contribution in [0.3, 0.4) is 0 Å². The zero-order valence-corrected chi connectivity index (χ0v) is 12.3. The molecule has 2 fully saturated rings. The molecule has 0 aromatic heterocycles. The van der Waals surface area contributed by atoms with Gasteiger partial charge in [0.25, 0.3) is 0 Å². The maximum atomic E-state index is 12.0. The van der Waals surface area contributed by atoms with E-state index in [4.69, 9.17) is 4.74 Å². The van der Waals surface area contributed by atoms with Crippen LogP contribution in [0.2, 0.25) is 0 Å². The summed E-state index contributed by atoms with van der Waals surface area (Å²) in [4.78, 5) is 12.0. The molecule has 2 rings (SSSR count). The summed E-state index contributed by atoms with van der Waals surface area (Å²) in [6, 6.07) is 1.01. The SMILES string of the molecule is CNC1CCC(OC(C)C(=O)NC2CCCC2)CC1. The van der Waals surface area contributed by atoms with Crippen LogP contribution in [0.5, 0.6) is 0 Å². The molecule has 2 saturated carbocycles. The summed E-state index contributed by atoms with van der Waals surface area (Å²) >= 11 is 0. The number of hydrogen-bond donors (Lipinski definition) is 2. The van der Waals surface area contributed by atoms with E-state index in [1.165, 1.54) is 12.8 Å². The lowest BCUT2D eigenvalue weighted by molar-refractivity contribution is -0.137. The summed E-state index contributed by atoms with van der Waals surface area (Å²) < 4.78 is 5.92. The first-order valence-electron chi connectivity index (χ1n) is 7.82. The molecule has 2 aliphatic carbocycles. The molecule has 0 radical (unpaired) electrons. The maximum absolute atomic E-state index is 12.0. The molecule has 0 heterocycles. The molecule has 110 valence electrons. The number of nitrogens with one attached hydrogen (secondary N) is 2. The van der Waals surface area contributed by atoms with Crippen LogP contribution in [0.4, 0.5) is 0 Å². The minimum atomic E-state index is -0.309. The standard InChI is InChI=1S/C15H28N2O2/c1-11(15(18)17-13-5-3-4-6-13)19-14-9-7-12(16-2)8-10-14/h11-14,16H,3-10H2,1-2H3,(H,17,18). The van der Waals surface area contributed by atoms with E-state index in [0.717, 1.165) is 38.5 Å². The van der Waals surface area contributed by atoms with Crippen LogP contribution >= 0.6 is 0 Å². The van der Waals surface area contributed by atoms with Gasteiger partial charge in [0, 0.05) is 12.1 Å². The van der Waals surface area contributed by atoms with Crippen LogP contribution in [0.25, 0.3) is 0 Å². The predicted octanol–water partition coefficient (Wildman–Crippen LogP) is 1.98. The third kappa shape index (κ3) is 4.46. The molecule has 0 aromatic rings. The zero-order chi connectivity index (χ0) is 13.7. The molecular weight excluding hydrogens is 240 g/mol. The molecular formula is C15H28N2O2. The first-order chi connectivity index (χ1) is 9.19.